The number of amides is 1. The number of nitrogen functional groups attached to an aromatic ring is 1. The average Bonchev–Trinajstić information content (AvgIpc) is 2.22. The molecule has 1 fully saturated rings. The average molecular weight is 206 g/mol. The van der Waals surface area contributed by atoms with Gasteiger partial charge in [-0.25, -0.2) is 4.79 Å². The van der Waals surface area contributed by atoms with Crippen LogP contribution in [0.25, 0.3) is 0 Å². The second-order valence-corrected chi connectivity index (χ2v) is 3.70. The summed E-state index contributed by atoms with van der Waals surface area (Å²) >= 11 is 0. The fraction of sp³-hybridized carbons (Fsp3) is 0.364. The molecule has 1 aliphatic rings. The molecule has 1 amide bonds. The maximum atomic E-state index is 11.3. The van der Waals surface area contributed by atoms with E-state index in [4.69, 9.17) is 10.5 Å². The highest BCUT2D eigenvalue weighted by molar-refractivity contribution is 5.68. The van der Waals surface area contributed by atoms with E-state index < -0.39 is 0 Å². The van der Waals surface area contributed by atoms with Crippen molar-refractivity contribution in [1.29, 1.82) is 0 Å². The van der Waals surface area contributed by atoms with Gasteiger partial charge in [-0.3, -0.25) is 0 Å². The van der Waals surface area contributed by atoms with Crippen LogP contribution in [0.5, 0.6) is 0 Å². The van der Waals surface area contributed by atoms with Crippen LogP contribution in [0.15, 0.2) is 24.3 Å². The Bertz CT molecular complexity index is 379. The minimum Gasteiger partial charge on any atom is -0.449 e. The lowest BCUT2D eigenvalue weighted by atomic mass is 10.0. The van der Waals surface area contributed by atoms with Crippen molar-refractivity contribution >= 4 is 11.8 Å². The minimum atomic E-state index is -0.270. The highest BCUT2D eigenvalue weighted by Crippen LogP contribution is 2.27. The van der Waals surface area contributed by atoms with E-state index in [2.05, 4.69) is 0 Å². The van der Waals surface area contributed by atoms with Crippen molar-refractivity contribution in [2.45, 2.75) is 12.5 Å². The van der Waals surface area contributed by atoms with Crippen LogP contribution in [-0.2, 0) is 4.74 Å². The lowest BCUT2D eigenvalue weighted by molar-refractivity contribution is 0.0559. The van der Waals surface area contributed by atoms with Crippen LogP contribution < -0.4 is 5.73 Å². The van der Waals surface area contributed by atoms with Gasteiger partial charge in [-0.15, -0.1) is 0 Å². The molecule has 2 rings (SSSR count). The number of nitrogens with zero attached hydrogens (tertiary/aromatic N) is 1. The number of hydrogen-bond donors (Lipinski definition) is 1. The molecule has 1 atom stereocenters. The Hall–Kier alpha value is -1.71. The number of nitrogens with two attached hydrogens (primary N) is 1. The normalized spacial score (nSPS) is 21.3. The fourth-order valence-corrected chi connectivity index (χ4v) is 1.84. The number of carbonyl (C=O) groups is 1. The topological polar surface area (TPSA) is 55.6 Å². The Balaban J connectivity index is 2.26. The van der Waals surface area contributed by atoms with Crippen molar-refractivity contribution in [3.63, 3.8) is 0 Å². The summed E-state index contributed by atoms with van der Waals surface area (Å²) in [7, 11) is 1.75. The molecule has 1 heterocycles. The van der Waals surface area contributed by atoms with E-state index in [0.29, 0.717) is 6.61 Å². The molecule has 2 N–H and O–H groups in total. The Kier molecular flexibility index (Phi) is 2.49. The van der Waals surface area contributed by atoms with E-state index in [1.807, 2.05) is 24.3 Å². The lowest BCUT2D eigenvalue weighted by Gasteiger charge is -2.32. The van der Waals surface area contributed by atoms with Crippen molar-refractivity contribution in [1.82, 2.24) is 4.90 Å². The largest absolute Gasteiger partial charge is 0.449 e. The molecule has 1 aromatic carbocycles. The molecule has 0 bridgehead atoms. The van der Waals surface area contributed by atoms with Crippen LogP contribution >= 0.6 is 0 Å². The summed E-state index contributed by atoms with van der Waals surface area (Å²) in [6.45, 7) is 0.475. The van der Waals surface area contributed by atoms with Gasteiger partial charge < -0.3 is 15.4 Å². The molecule has 1 aromatic rings. The maximum absolute atomic E-state index is 11.3. The predicted octanol–water partition coefficient (Wildman–Crippen LogP) is 1.78. The number of cyclic esters (lactones) is 1. The van der Waals surface area contributed by atoms with E-state index in [0.717, 1.165) is 17.7 Å². The molecule has 1 aliphatic heterocycles. The van der Waals surface area contributed by atoms with Crippen LogP contribution in [0.4, 0.5) is 10.5 Å². The second kappa shape index (κ2) is 3.81. The number of benzene rings is 1. The van der Waals surface area contributed by atoms with E-state index in [9.17, 15) is 4.79 Å². The van der Waals surface area contributed by atoms with Crippen LogP contribution in [0.2, 0.25) is 0 Å². The molecule has 15 heavy (non-hydrogen) atoms. The summed E-state index contributed by atoms with van der Waals surface area (Å²) in [6.07, 6.45) is 0.541. The van der Waals surface area contributed by atoms with Crippen molar-refractivity contribution in [3.05, 3.63) is 29.8 Å². The maximum Gasteiger partial charge on any atom is 0.410 e. The Morgan fingerprint density at radius 2 is 2.33 bits per heavy atom. The summed E-state index contributed by atoms with van der Waals surface area (Å²) in [4.78, 5) is 12.9. The van der Waals surface area contributed by atoms with E-state index >= 15 is 0 Å². The molecule has 0 radical (unpaired) electrons. The third-order valence-electron chi connectivity index (χ3n) is 2.67. The second-order valence-electron chi connectivity index (χ2n) is 3.70. The Morgan fingerprint density at radius 1 is 1.53 bits per heavy atom. The van der Waals surface area contributed by atoms with E-state index in [1.165, 1.54) is 0 Å². The highest BCUT2D eigenvalue weighted by Gasteiger charge is 2.27. The van der Waals surface area contributed by atoms with Crippen molar-refractivity contribution in [3.8, 4) is 0 Å². The van der Waals surface area contributed by atoms with Gasteiger partial charge >= 0.3 is 6.09 Å². The van der Waals surface area contributed by atoms with E-state index in [-0.39, 0.29) is 12.1 Å². The van der Waals surface area contributed by atoms with Crippen molar-refractivity contribution < 1.29 is 9.53 Å². The molecular formula is C11H14N2O2. The van der Waals surface area contributed by atoms with Crippen molar-refractivity contribution in [2.24, 2.45) is 0 Å². The predicted molar refractivity (Wildman–Crippen MR) is 57.3 cm³/mol. The first-order valence-corrected chi connectivity index (χ1v) is 4.93. The van der Waals surface area contributed by atoms with Gasteiger partial charge in [0.05, 0.1) is 12.6 Å². The molecule has 80 valence electrons. The number of rotatable bonds is 1. The summed E-state index contributed by atoms with van der Waals surface area (Å²) in [6, 6.07) is 7.70. The van der Waals surface area contributed by atoms with Crippen LogP contribution in [0.1, 0.15) is 18.0 Å². The van der Waals surface area contributed by atoms with Gasteiger partial charge in [-0.2, -0.15) is 0 Å². The molecule has 0 spiro atoms. The summed E-state index contributed by atoms with van der Waals surface area (Å²) in [5, 5.41) is 0. The minimum absolute atomic E-state index is 0.0785. The van der Waals surface area contributed by atoms with Gasteiger partial charge in [-0.05, 0) is 17.7 Å². The number of carbonyl (C=O) groups excluding carboxylic acids is 1. The van der Waals surface area contributed by atoms with Crippen LogP contribution in [-0.4, -0.2) is 24.6 Å². The number of ether oxygens (including phenoxy) is 1. The van der Waals surface area contributed by atoms with Gasteiger partial charge in [0, 0.05) is 19.2 Å². The van der Waals surface area contributed by atoms with Gasteiger partial charge in [0.15, 0.2) is 0 Å². The molecular weight excluding hydrogens is 192 g/mol. The molecule has 0 saturated carbocycles. The standard InChI is InChI=1S/C11H14N2O2/c1-13-10(5-6-15-11(13)14)8-3-2-4-9(12)7-8/h2-4,7,10H,5-6,12H2,1H3. The molecule has 0 aliphatic carbocycles. The Labute approximate surface area is 88.6 Å². The number of hydrogen-bond acceptors (Lipinski definition) is 3. The summed E-state index contributed by atoms with van der Waals surface area (Å²) in [5.41, 5.74) is 7.50. The Morgan fingerprint density at radius 3 is 3.07 bits per heavy atom. The highest BCUT2D eigenvalue weighted by atomic mass is 16.6. The third-order valence-corrected chi connectivity index (χ3v) is 2.67. The molecule has 1 unspecified atom stereocenters. The zero-order valence-electron chi connectivity index (χ0n) is 8.64. The first-order valence-electron chi connectivity index (χ1n) is 4.93. The quantitative estimate of drug-likeness (QED) is 0.712. The van der Waals surface area contributed by atoms with Gasteiger partial charge in [-0.1, -0.05) is 12.1 Å². The smallest absolute Gasteiger partial charge is 0.410 e. The SMILES string of the molecule is CN1C(=O)OCCC1c1cccc(N)c1. The molecule has 0 aromatic heterocycles. The molecule has 4 nitrogen and oxygen atoms in total. The van der Waals surface area contributed by atoms with Crippen LogP contribution in [0.3, 0.4) is 0 Å². The summed E-state index contributed by atoms with van der Waals surface area (Å²) < 4.78 is 4.93. The summed E-state index contributed by atoms with van der Waals surface area (Å²) in [5.74, 6) is 0. The fourth-order valence-electron chi connectivity index (χ4n) is 1.84. The lowest BCUT2D eigenvalue weighted by Crippen LogP contribution is -2.37. The number of anilines is 1. The first kappa shape index (κ1) is 9.83. The van der Waals surface area contributed by atoms with Gasteiger partial charge in [0.2, 0.25) is 0 Å². The van der Waals surface area contributed by atoms with Crippen LogP contribution in [0, 0.1) is 0 Å². The third kappa shape index (κ3) is 1.88. The van der Waals surface area contributed by atoms with E-state index in [1.54, 1.807) is 11.9 Å². The molecule has 1 saturated heterocycles. The zero-order chi connectivity index (χ0) is 10.8. The van der Waals surface area contributed by atoms with Gasteiger partial charge in [0.25, 0.3) is 0 Å². The molecule has 4 heteroatoms. The van der Waals surface area contributed by atoms with Gasteiger partial charge in [0.1, 0.15) is 0 Å². The van der Waals surface area contributed by atoms with Crippen molar-refractivity contribution in [2.75, 3.05) is 19.4 Å². The zero-order valence-corrected chi connectivity index (χ0v) is 8.64. The monoisotopic (exact) mass is 206 g/mol. The first-order chi connectivity index (χ1) is 7.18.